The Balaban J connectivity index is 1.72. The monoisotopic (exact) mass is 406 g/mol. The van der Waals surface area contributed by atoms with E-state index < -0.39 is 0 Å². The third kappa shape index (κ3) is 4.16. The number of aromatic nitrogens is 3. The van der Waals surface area contributed by atoms with E-state index in [4.69, 9.17) is 12.2 Å². The lowest BCUT2D eigenvalue weighted by Gasteiger charge is -2.29. The summed E-state index contributed by atoms with van der Waals surface area (Å²) < 4.78 is 2.22. The molecule has 6 nitrogen and oxygen atoms in total. The van der Waals surface area contributed by atoms with Crippen molar-refractivity contribution in [2.24, 2.45) is 0 Å². The quantitative estimate of drug-likeness (QED) is 0.608. The van der Waals surface area contributed by atoms with Crippen molar-refractivity contribution in [3.05, 3.63) is 78.6 Å². The van der Waals surface area contributed by atoms with E-state index in [1.807, 2.05) is 42.9 Å². The highest BCUT2D eigenvalue weighted by molar-refractivity contribution is 7.80. The Morgan fingerprint density at radius 3 is 2.62 bits per heavy atom. The molecule has 3 aromatic heterocycles. The summed E-state index contributed by atoms with van der Waals surface area (Å²) in [5.41, 5.74) is 3.27. The standard InChI is InChI=1S/C22H26N6S/c1-26(2)14-6-16-28-21(20(25-22(28)29)18-7-3-4-11-24-18)19-8-5-15-27(19)17-9-12-23-13-10-17/h3-5,7-13,15,20-21H,6,14,16H2,1-2H3,(H,25,29)/t20-,21+/m0/s1. The average Bonchev–Trinajstić information content (AvgIpc) is 3.34. The van der Waals surface area contributed by atoms with Gasteiger partial charge in [0.1, 0.15) is 0 Å². The molecule has 3 aromatic rings. The van der Waals surface area contributed by atoms with Gasteiger partial charge in [-0.1, -0.05) is 6.07 Å². The third-order valence-corrected chi connectivity index (χ3v) is 5.58. The maximum Gasteiger partial charge on any atom is 0.170 e. The van der Waals surface area contributed by atoms with Crippen LogP contribution < -0.4 is 5.32 Å². The van der Waals surface area contributed by atoms with Gasteiger partial charge in [-0.2, -0.15) is 0 Å². The zero-order chi connectivity index (χ0) is 20.2. The predicted octanol–water partition coefficient (Wildman–Crippen LogP) is 3.19. The number of rotatable bonds is 7. The summed E-state index contributed by atoms with van der Waals surface area (Å²) in [5, 5.41) is 4.32. The highest BCUT2D eigenvalue weighted by atomic mass is 32.1. The molecule has 0 unspecified atom stereocenters. The second kappa shape index (κ2) is 8.71. The Hall–Kier alpha value is -2.77. The Morgan fingerprint density at radius 2 is 1.90 bits per heavy atom. The fraction of sp³-hybridized carbons (Fsp3) is 0.318. The molecule has 0 aromatic carbocycles. The summed E-state index contributed by atoms with van der Waals surface area (Å²) in [6, 6.07) is 14.4. The van der Waals surface area contributed by atoms with Gasteiger partial charge in [0.05, 0.1) is 17.8 Å². The molecule has 1 aliphatic rings. The van der Waals surface area contributed by atoms with Crippen LogP contribution in [0.5, 0.6) is 0 Å². The fourth-order valence-corrected chi connectivity index (χ4v) is 4.23. The van der Waals surface area contributed by atoms with Gasteiger partial charge in [-0.25, -0.2) is 0 Å². The molecule has 1 fully saturated rings. The van der Waals surface area contributed by atoms with Crippen LogP contribution in [0.3, 0.4) is 0 Å². The smallest absolute Gasteiger partial charge is 0.170 e. The highest BCUT2D eigenvalue weighted by Crippen LogP contribution is 2.39. The topological polar surface area (TPSA) is 49.2 Å². The van der Waals surface area contributed by atoms with Gasteiger partial charge < -0.3 is 19.7 Å². The van der Waals surface area contributed by atoms with Gasteiger partial charge in [0, 0.05) is 42.7 Å². The van der Waals surface area contributed by atoms with Crippen molar-refractivity contribution in [2.75, 3.05) is 27.2 Å². The van der Waals surface area contributed by atoms with Gasteiger partial charge in [0.25, 0.3) is 0 Å². The van der Waals surface area contributed by atoms with E-state index in [1.165, 1.54) is 5.69 Å². The van der Waals surface area contributed by atoms with E-state index in [2.05, 4.69) is 68.1 Å². The van der Waals surface area contributed by atoms with Crippen LogP contribution in [0.2, 0.25) is 0 Å². The number of nitrogens with one attached hydrogen (secondary N) is 1. The SMILES string of the molecule is CN(C)CCCN1C(=S)N[C@@H](c2ccccn2)[C@H]1c1cccn1-c1ccncc1. The number of hydrogen-bond acceptors (Lipinski definition) is 4. The lowest BCUT2D eigenvalue weighted by atomic mass is 10.0. The van der Waals surface area contributed by atoms with E-state index in [9.17, 15) is 0 Å². The summed E-state index contributed by atoms with van der Waals surface area (Å²) in [7, 11) is 4.20. The molecular weight excluding hydrogens is 380 g/mol. The van der Waals surface area contributed by atoms with E-state index in [0.717, 1.165) is 36.0 Å². The van der Waals surface area contributed by atoms with Gasteiger partial charge in [0.15, 0.2) is 5.11 Å². The molecule has 1 aliphatic heterocycles. The second-order valence-corrected chi connectivity index (χ2v) is 7.87. The minimum Gasteiger partial charge on any atom is -0.352 e. The first kappa shape index (κ1) is 19.5. The average molecular weight is 407 g/mol. The van der Waals surface area contributed by atoms with Crippen LogP contribution in [0.25, 0.3) is 5.69 Å². The van der Waals surface area contributed by atoms with Gasteiger partial charge in [-0.3, -0.25) is 9.97 Å². The van der Waals surface area contributed by atoms with Gasteiger partial charge in [0.2, 0.25) is 0 Å². The Kier molecular flexibility index (Phi) is 5.87. The molecule has 150 valence electrons. The zero-order valence-electron chi connectivity index (χ0n) is 16.8. The molecule has 1 N–H and O–H groups in total. The van der Waals surface area contributed by atoms with E-state index in [-0.39, 0.29) is 12.1 Å². The summed E-state index contributed by atoms with van der Waals surface area (Å²) in [5.74, 6) is 0. The van der Waals surface area contributed by atoms with Crippen LogP contribution in [0.1, 0.15) is 29.9 Å². The lowest BCUT2D eigenvalue weighted by molar-refractivity contribution is 0.286. The fourth-order valence-electron chi connectivity index (χ4n) is 3.90. The molecule has 4 heterocycles. The predicted molar refractivity (Wildman–Crippen MR) is 119 cm³/mol. The number of pyridine rings is 2. The van der Waals surface area contributed by atoms with Gasteiger partial charge in [-0.15, -0.1) is 0 Å². The highest BCUT2D eigenvalue weighted by Gasteiger charge is 2.40. The van der Waals surface area contributed by atoms with Crippen molar-refractivity contribution < 1.29 is 0 Å². The van der Waals surface area contributed by atoms with Crippen molar-refractivity contribution >= 4 is 17.3 Å². The molecular formula is C22H26N6S. The molecule has 0 spiro atoms. The zero-order valence-corrected chi connectivity index (χ0v) is 17.6. The molecule has 1 saturated heterocycles. The third-order valence-electron chi connectivity index (χ3n) is 5.23. The summed E-state index contributed by atoms with van der Waals surface area (Å²) in [6.45, 7) is 1.91. The molecule has 0 aliphatic carbocycles. The van der Waals surface area contributed by atoms with Gasteiger partial charge >= 0.3 is 0 Å². The van der Waals surface area contributed by atoms with Gasteiger partial charge in [-0.05, 0) is 75.7 Å². The molecule has 0 bridgehead atoms. The normalized spacial score (nSPS) is 19.0. The Morgan fingerprint density at radius 1 is 1.07 bits per heavy atom. The van der Waals surface area contributed by atoms with Crippen LogP contribution in [-0.2, 0) is 0 Å². The van der Waals surface area contributed by atoms with Crippen LogP contribution in [-0.4, -0.2) is 56.6 Å². The lowest BCUT2D eigenvalue weighted by Crippen LogP contribution is -2.32. The van der Waals surface area contributed by atoms with E-state index in [0.29, 0.717) is 0 Å². The number of thiocarbonyl (C=S) groups is 1. The molecule has 0 amide bonds. The first-order valence-electron chi connectivity index (χ1n) is 9.85. The first-order valence-corrected chi connectivity index (χ1v) is 10.3. The molecule has 0 saturated carbocycles. The van der Waals surface area contributed by atoms with Crippen LogP contribution in [0.4, 0.5) is 0 Å². The maximum atomic E-state index is 5.76. The van der Waals surface area contributed by atoms with Crippen molar-refractivity contribution in [3.63, 3.8) is 0 Å². The molecule has 0 radical (unpaired) electrons. The summed E-state index contributed by atoms with van der Waals surface area (Å²) >= 11 is 5.76. The van der Waals surface area contributed by atoms with Crippen LogP contribution in [0.15, 0.2) is 67.3 Å². The molecule has 29 heavy (non-hydrogen) atoms. The van der Waals surface area contributed by atoms with Crippen molar-refractivity contribution in [1.82, 2.24) is 29.7 Å². The van der Waals surface area contributed by atoms with E-state index in [1.54, 1.807) is 0 Å². The molecule has 7 heteroatoms. The Labute approximate surface area is 177 Å². The minimum absolute atomic E-state index is 0.00135. The van der Waals surface area contributed by atoms with Crippen molar-refractivity contribution in [3.8, 4) is 5.69 Å². The van der Waals surface area contributed by atoms with E-state index >= 15 is 0 Å². The minimum atomic E-state index is -0.00135. The molecule has 2 atom stereocenters. The second-order valence-electron chi connectivity index (χ2n) is 7.49. The number of nitrogens with zero attached hydrogens (tertiary/aromatic N) is 5. The Bertz CT molecular complexity index is 940. The number of hydrogen-bond donors (Lipinski definition) is 1. The molecule has 4 rings (SSSR count). The van der Waals surface area contributed by atoms with Crippen LogP contribution >= 0.6 is 12.2 Å². The van der Waals surface area contributed by atoms with Crippen LogP contribution in [0, 0.1) is 0 Å². The maximum absolute atomic E-state index is 5.76. The largest absolute Gasteiger partial charge is 0.352 e. The van der Waals surface area contributed by atoms with Crippen molar-refractivity contribution in [2.45, 2.75) is 18.5 Å². The van der Waals surface area contributed by atoms with Crippen molar-refractivity contribution in [1.29, 1.82) is 0 Å². The first-order chi connectivity index (χ1) is 14.1. The summed E-state index contributed by atoms with van der Waals surface area (Å²) in [4.78, 5) is 13.3. The summed E-state index contributed by atoms with van der Waals surface area (Å²) in [6.07, 6.45) is 8.62.